The highest BCUT2D eigenvalue weighted by molar-refractivity contribution is 7.89. The van der Waals surface area contributed by atoms with E-state index in [0.29, 0.717) is 34.6 Å². The van der Waals surface area contributed by atoms with Crippen molar-refractivity contribution in [1.29, 1.82) is 5.26 Å². The molecule has 2 unspecified atom stereocenters. The summed E-state index contributed by atoms with van der Waals surface area (Å²) >= 11 is 0. The van der Waals surface area contributed by atoms with Crippen molar-refractivity contribution in [2.45, 2.75) is 50.4 Å². The first-order chi connectivity index (χ1) is 30.3. The number of sulfonamides is 1. The van der Waals surface area contributed by atoms with E-state index in [4.69, 9.17) is 9.72 Å². The van der Waals surface area contributed by atoms with Crippen LogP contribution < -0.4 is 26.0 Å². The monoisotopic (exact) mass is 878 g/mol. The van der Waals surface area contributed by atoms with Gasteiger partial charge in [-0.15, -0.1) is 0 Å². The fourth-order valence-electron chi connectivity index (χ4n) is 7.81. The third-order valence-electron chi connectivity index (χ3n) is 11.2. The highest BCUT2D eigenvalue weighted by Gasteiger charge is 2.50. The molecule has 2 atom stereocenters. The van der Waals surface area contributed by atoms with Crippen LogP contribution in [0, 0.1) is 11.3 Å². The topological polar surface area (TPSA) is 287 Å². The number of ether oxygens (including phenoxy) is 1. The largest absolute Gasteiger partial charge is 0.483 e. The molecule has 6 heterocycles. The van der Waals surface area contributed by atoms with Gasteiger partial charge in [0.1, 0.15) is 23.0 Å². The quantitative estimate of drug-likeness (QED) is 0.0604. The zero-order valence-corrected chi connectivity index (χ0v) is 34.6. The van der Waals surface area contributed by atoms with Crippen LogP contribution in [0.2, 0.25) is 0 Å². The number of carbonyl (C=O) groups excluding carboxylic acids is 5. The van der Waals surface area contributed by atoms with Crippen LogP contribution in [0.1, 0.15) is 65.1 Å². The van der Waals surface area contributed by atoms with Crippen molar-refractivity contribution in [3.63, 3.8) is 0 Å². The van der Waals surface area contributed by atoms with Gasteiger partial charge in [0, 0.05) is 72.8 Å². The number of nitrogens with zero attached hydrogens (tertiary/aromatic N) is 7. The molecule has 0 radical (unpaired) electrons. The highest BCUT2D eigenvalue weighted by atomic mass is 32.2. The standard InChI is InChI=1S/C41H42N12O9S/c1-2-63(60,61)51-22-41(23-51,14-15-42)52-20-25(19-46-52)34-28-13-18-44-35(28)50-40(49-34)47-26-9-7-24(8-10-26)36(56)45-17-4-16-43-32(55)21-62-30-6-3-5-27-33(30)39(59)53(38(27)58)29-11-12-31(54)48-37(29)57/h3,5-10,13,18-20,29,38,58H,2,4,11-12,14,16-17,21-23H2,1H3,(H,43,55)(H,45,56)(H,48,54,57)(H2,44,47,49,50). The smallest absolute Gasteiger partial charge is 0.261 e. The zero-order chi connectivity index (χ0) is 44.5. The van der Waals surface area contributed by atoms with Crippen LogP contribution in [-0.2, 0) is 29.9 Å². The molecule has 3 aliphatic rings. The number of piperidine rings is 1. The van der Waals surface area contributed by atoms with E-state index >= 15 is 0 Å². The van der Waals surface area contributed by atoms with Crippen molar-refractivity contribution in [1.82, 2.24) is 49.9 Å². The minimum atomic E-state index is -3.41. The van der Waals surface area contributed by atoms with Gasteiger partial charge >= 0.3 is 0 Å². The number of hydrogen-bond acceptors (Lipinski definition) is 14. The van der Waals surface area contributed by atoms with Crippen molar-refractivity contribution in [3.8, 4) is 23.1 Å². The van der Waals surface area contributed by atoms with Gasteiger partial charge in [0.05, 0.1) is 35.7 Å². The number of nitrogens with one attached hydrogen (secondary N) is 5. The Kier molecular flexibility index (Phi) is 11.6. The second-order valence-electron chi connectivity index (χ2n) is 15.3. The molecule has 8 rings (SSSR count). The van der Waals surface area contributed by atoms with E-state index in [2.05, 4.69) is 42.4 Å². The number of imide groups is 1. The van der Waals surface area contributed by atoms with Gasteiger partial charge in [-0.1, -0.05) is 12.1 Å². The lowest BCUT2D eigenvalue weighted by atomic mass is 9.89. The molecule has 0 bridgehead atoms. The molecular weight excluding hydrogens is 837 g/mol. The van der Waals surface area contributed by atoms with Crippen molar-refractivity contribution >= 4 is 62.2 Å². The number of hydrogen-bond donors (Lipinski definition) is 6. The Morgan fingerprint density at radius 3 is 2.59 bits per heavy atom. The number of fused-ring (bicyclic) bond motifs is 2. The molecule has 21 nitrogen and oxygen atoms in total. The van der Waals surface area contributed by atoms with E-state index in [1.54, 1.807) is 60.5 Å². The summed E-state index contributed by atoms with van der Waals surface area (Å²) in [5.41, 5.74) is 2.24. The number of carbonyl (C=O) groups is 5. The van der Waals surface area contributed by atoms with E-state index in [1.165, 1.54) is 16.4 Å². The number of amides is 5. The Hall–Kier alpha value is -7.22. The number of rotatable bonds is 16. The van der Waals surface area contributed by atoms with Crippen LogP contribution in [0.15, 0.2) is 67.1 Å². The van der Waals surface area contributed by atoms with Crippen LogP contribution in [-0.4, -0.2) is 122 Å². The molecule has 2 aromatic carbocycles. The van der Waals surface area contributed by atoms with Crippen molar-refractivity contribution in [3.05, 3.63) is 83.8 Å². The average molecular weight is 879 g/mol. The minimum absolute atomic E-state index is 0.0258. The Balaban J connectivity index is 0.811. The number of aliphatic hydroxyl groups excluding tert-OH is 1. The van der Waals surface area contributed by atoms with Gasteiger partial charge in [-0.25, -0.2) is 13.4 Å². The Bertz CT molecular complexity index is 2780. The van der Waals surface area contributed by atoms with Crippen LogP contribution in [0.5, 0.6) is 5.75 Å². The number of aromatic amines is 1. The summed E-state index contributed by atoms with van der Waals surface area (Å²) in [6, 6.07) is 14.2. The number of aliphatic hydroxyl groups is 1. The van der Waals surface area contributed by atoms with Crippen LogP contribution in [0.3, 0.4) is 0 Å². The first-order valence-electron chi connectivity index (χ1n) is 20.1. The average Bonchev–Trinajstić information content (AvgIpc) is 4.00. The third kappa shape index (κ3) is 8.40. The molecule has 6 N–H and O–H groups in total. The second kappa shape index (κ2) is 17.3. The van der Waals surface area contributed by atoms with E-state index in [9.17, 15) is 42.8 Å². The lowest BCUT2D eigenvalue weighted by molar-refractivity contribution is -0.139. The van der Waals surface area contributed by atoms with Crippen molar-refractivity contribution < 1.29 is 42.2 Å². The van der Waals surface area contributed by atoms with Gasteiger partial charge in [-0.05, 0) is 56.2 Å². The van der Waals surface area contributed by atoms with E-state index in [-0.39, 0.29) is 79.9 Å². The Labute approximate surface area is 359 Å². The molecule has 63 heavy (non-hydrogen) atoms. The minimum Gasteiger partial charge on any atom is -0.483 e. The maximum absolute atomic E-state index is 13.3. The summed E-state index contributed by atoms with van der Waals surface area (Å²) in [6.07, 6.45) is 4.28. The first-order valence-corrected chi connectivity index (χ1v) is 21.7. The maximum atomic E-state index is 13.3. The van der Waals surface area contributed by atoms with E-state index in [1.807, 2.05) is 6.07 Å². The van der Waals surface area contributed by atoms with Crippen LogP contribution >= 0.6 is 0 Å². The van der Waals surface area contributed by atoms with Crippen molar-refractivity contribution in [2.75, 3.05) is 43.9 Å². The number of benzene rings is 2. The van der Waals surface area contributed by atoms with Gasteiger partial charge in [0.2, 0.25) is 27.8 Å². The van der Waals surface area contributed by atoms with Gasteiger partial charge < -0.3 is 30.8 Å². The highest BCUT2D eigenvalue weighted by Crippen LogP contribution is 2.40. The molecule has 5 aromatic rings. The summed E-state index contributed by atoms with van der Waals surface area (Å²) in [5, 5.41) is 36.6. The molecule has 5 amide bonds. The molecule has 22 heteroatoms. The molecular formula is C41H42N12O9S. The molecule has 0 saturated carbocycles. The summed E-state index contributed by atoms with van der Waals surface area (Å²) in [6.45, 7) is 1.91. The van der Waals surface area contributed by atoms with Gasteiger partial charge in [-0.2, -0.15) is 19.6 Å². The zero-order valence-electron chi connectivity index (χ0n) is 33.8. The fourth-order valence-corrected chi connectivity index (χ4v) is 9.05. The summed E-state index contributed by atoms with van der Waals surface area (Å²) in [7, 11) is -3.41. The molecule has 2 fully saturated rings. The van der Waals surface area contributed by atoms with E-state index in [0.717, 1.165) is 10.3 Å². The lowest BCUT2D eigenvalue weighted by Crippen LogP contribution is -2.64. The third-order valence-corrected chi connectivity index (χ3v) is 13.0. The number of nitriles is 1. The van der Waals surface area contributed by atoms with Gasteiger partial charge in [0.25, 0.3) is 17.7 Å². The fraction of sp³-hybridized carbons (Fsp3) is 0.341. The van der Waals surface area contributed by atoms with Crippen LogP contribution in [0.25, 0.3) is 22.3 Å². The summed E-state index contributed by atoms with van der Waals surface area (Å²) in [5.74, 6) is -2.28. The predicted molar refractivity (Wildman–Crippen MR) is 223 cm³/mol. The van der Waals surface area contributed by atoms with Crippen molar-refractivity contribution in [2.24, 2.45) is 0 Å². The molecule has 0 spiro atoms. The molecule has 2 saturated heterocycles. The molecule has 326 valence electrons. The predicted octanol–water partition coefficient (Wildman–Crippen LogP) is 1.41. The summed E-state index contributed by atoms with van der Waals surface area (Å²) in [4.78, 5) is 76.3. The maximum Gasteiger partial charge on any atom is 0.261 e. The molecule has 0 aliphatic carbocycles. The first kappa shape index (κ1) is 42.5. The number of aromatic nitrogens is 5. The molecule has 3 aromatic heterocycles. The molecule has 3 aliphatic heterocycles. The summed E-state index contributed by atoms with van der Waals surface area (Å²) < 4.78 is 33.5. The van der Waals surface area contributed by atoms with E-state index < -0.39 is 58.1 Å². The Morgan fingerprint density at radius 2 is 1.84 bits per heavy atom. The number of H-pyrrole nitrogens is 1. The lowest BCUT2D eigenvalue weighted by Gasteiger charge is -2.47. The second-order valence-corrected chi connectivity index (χ2v) is 17.5. The Morgan fingerprint density at radius 1 is 1.06 bits per heavy atom. The van der Waals surface area contributed by atoms with Gasteiger partial charge in [0.15, 0.2) is 12.8 Å². The van der Waals surface area contributed by atoms with Gasteiger partial charge in [-0.3, -0.25) is 38.9 Å². The normalized spacial score (nSPS) is 18.3. The SMILES string of the molecule is CCS(=O)(=O)N1CC(CC#N)(n2cc(-c3nc(Nc4ccc(C(=O)NCCCNC(=O)COc5cccc6c5C(=O)N(C5CCC(=O)NC5=O)C6O)cc4)nc4[nH]ccc34)cn2)C1. The number of anilines is 2. The van der Waals surface area contributed by atoms with Crippen LogP contribution in [0.4, 0.5) is 11.6 Å².